The van der Waals surface area contributed by atoms with E-state index in [-0.39, 0.29) is 42.0 Å². The van der Waals surface area contributed by atoms with Crippen LogP contribution in [0, 0.1) is 12.7 Å². The molecule has 2 unspecified atom stereocenters. The minimum absolute atomic E-state index is 0.0912. The average molecular weight is 631 g/mol. The maximum atomic E-state index is 15.3. The van der Waals surface area contributed by atoms with Crippen LogP contribution in [0.4, 0.5) is 13.2 Å². The Hall–Kier alpha value is -4.27. The number of rotatable bonds is 9. The Kier molecular flexibility index (Phi) is 9.56. The van der Waals surface area contributed by atoms with Gasteiger partial charge in [-0.25, -0.2) is 27.3 Å². The number of aryl methyl sites for hydroxylation is 1. The van der Waals surface area contributed by atoms with Crippen molar-refractivity contribution in [3.05, 3.63) is 96.6 Å². The Morgan fingerprint density at radius 2 is 1.89 bits per heavy atom. The zero-order chi connectivity index (χ0) is 32.4. The molecule has 0 aliphatic carbocycles. The van der Waals surface area contributed by atoms with E-state index in [1.54, 1.807) is 7.05 Å². The molecular formula is C31H33F3N4O7. The Morgan fingerprint density at radius 1 is 1.16 bits per heavy atom. The molecule has 0 bridgehead atoms. The first-order valence-corrected chi connectivity index (χ1v) is 14.4. The zero-order valence-corrected chi connectivity index (χ0v) is 24.6. The third-order valence-corrected chi connectivity index (χ3v) is 8.13. The molecule has 14 heteroatoms. The van der Waals surface area contributed by atoms with Gasteiger partial charge in [0.2, 0.25) is 6.43 Å². The van der Waals surface area contributed by atoms with Gasteiger partial charge in [-0.2, -0.15) is 0 Å². The summed E-state index contributed by atoms with van der Waals surface area (Å²) in [6.45, 7) is 2.58. The highest BCUT2D eigenvalue weighted by Gasteiger charge is 2.32. The quantitative estimate of drug-likeness (QED) is 0.327. The maximum Gasteiger partial charge on any atom is 0.335 e. The first-order chi connectivity index (χ1) is 21.5. The fourth-order valence-corrected chi connectivity index (χ4v) is 5.90. The van der Waals surface area contributed by atoms with Crippen molar-refractivity contribution in [3.8, 4) is 5.69 Å². The number of fused-ring (bicyclic) bond motifs is 1. The lowest BCUT2D eigenvalue weighted by molar-refractivity contribution is -0.139. The molecule has 0 radical (unpaired) electrons. The summed E-state index contributed by atoms with van der Waals surface area (Å²) in [6, 6.07) is 6.40. The number of hydrogen-bond donors (Lipinski definition) is 3. The molecule has 1 amide bonds. The number of amides is 1. The number of hydrogen-bond acceptors (Lipinski definition) is 7. The third-order valence-electron chi connectivity index (χ3n) is 8.13. The summed E-state index contributed by atoms with van der Waals surface area (Å²) >= 11 is 0. The van der Waals surface area contributed by atoms with Crippen LogP contribution < -0.4 is 21.9 Å². The molecular weight excluding hydrogens is 597 g/mol. The van der Waals surface area contributed by atoms with Crippen molar-refractivity contribution in [2.45, 2.75) is 57.4 Å². The minimum Gasteiger partial charge on any atom is -0.480 e. The van der Waals surface area contributed by atoms with E-state index in [1.807, 2.05) is 0 Å². The Balaban J connectivity index is 1.33. The van der Waals surface area contributed by atoms with Gasteiger partial charge in [0.05, 0.1) is 42.7 Å². The summed E-state index contributed by atoms with van der Waals surface area (Å²) in [7, 11) is 1.58. The van der Waals surface area contributed by atoms with Crippen molar-refractivity contribution in [1.29, 1.82) is 0 Å². The Labute approximate surface area is 255 Å². The maximum absolute atomic E-state index is 15.3. The summed E-state index contributed by atoms with van der Waals surface area (Å²) in [5, 5.41) is 15.2. The van der Waals surface area contributed by atoms with E-state index in [9.17, 15) is 33.1 Å². The number of carbonyl (C=O) groups is 2. The normalized spacial score (nSPS) is 18.8. The fraction of sp³-hybridized carbons (Fsp3) is 0.419. The largest absolute Gasteiger partial charge is 0.480 e. The van der Waals surface area contributed by atoms with Crippen molar-refractivity contribution in [2.75, 3.05) is 19.8 Å². The van der Waals surface area contributed by atoms with Crippen LogP contribution in [0.15, 0.2) is 46.0 Å². The van der Waals surface area contributed by atoms with E-state index in [0.29, 0.717) is 36.4 Å². The van der Waals surface area contributed by atoms with E-state index < -0.39 is 60.0 Å². The lowest BCUT2D eigenvalue weighted by Crippen LogP contribution is -2.44. The molecule has 3 N–H and O–H groups in total. The van der Waals surface area contributed by atoms with Crippen molar-refractivity contribution >= 4 is 11.9 Å². The number of carboxylic acid groups (broad SMARTS) is 1. The van der Waals surface area contributed by atoms with Crippen LogP contribution in [0.2, 0.25) is 0 Å². The second-order valence-electron chi connectivity index (χ2n) is 11.1. The number of nitrogens with one attached hydrogen (secondary N) is 2. The van der Waals surface area contributed by atoms with Crippen LogP contribution in [-0.2, 0) is 40.8 Å². The number of aliphatic carboxylic acids is 1. The monoisotopic (exact) mass is 630 g/mol. The first-order valence-electron chi connectivity index (χ1n) is 14.4. The second kappa shape index (κ2) is 13.4. The minimum atomic E-state index is -2.60. The molecule has 1 fully saturated rings. The summed E-state index contributed by atoms with van der Waals surface area (Å²) in [5.74, 6) is -3.26. The third kappa shape index (κ3) is 6.72. The van der Waals surface area contributed by atoms with Crippen LogP contribution in [0.5, 0.6) is 0 Å². The topological polar surface area (TPSA) is 141 Å². The van der Waals surface area contributed by atoms with Gasteiger partial charge in [-0.1, -0.05) is 18.2 Å². The molecule has 1 saturated heterocycles. The van der Waals surface area contributed by atoms with E-state index in [0.717, 1.165) is 10.6 Å². The predicted molar refractivity (Wildman–Crippen MR) is 155 cm³/mol. The Morgan fingerprint density at radius 3 is 2.56 bits per heavy atom. The number of ether oxygens (including phenoxy) is 2. The smallest absolute Gasteiger partial charge is 0.335 e. The van der Waals surface area contributed by atoms with Gasteiger partial charge in [-0.3, -0.25) is 14.2 Å². The highest BCUT2D eigenvalue weighted by Crippen LogP contribution is 2.30. The predicted octanol–water partition coefficient (Wildman–Crippen LogP) is 2.17. The van der Waals surface area contributed by atoms with Gasteiger partial charge in [0.15, 0.2) is 0 Å². The molecule has 11 nitrogen and oxygen atoms in total. The number of benzene rings is 2. The van der Waals surface area contributed by atoms with Crippen molar-refractivity contribution in [1.82, 2.24) is 19.8 Å². The molecule has 3 atom stereocenters. The summed E-state index contributed by atoms with van der Waals surface area (Å²) in [5.41, 5.74) is 0.850. The van der Waals surface area contributed by atoms with E-state index >= 15 is 4.39 Å². The summed E-state index contributed by atoms with van der Waals surface area (Å²) in [4.78, 5) is 51.3. The van der Waals surface area contributed by atoms with Gasteiger partial charge in [0, 0.05) is 44.6 Å². The van der Waals surface area contributed by atoms with Crippen molar-refractivity contribution < 1.29 is 37.3 Å². The summed E-state index contributed by atoms with van der Waals surface area (Å²) < 4.78 is 54.9. The lowest BCUT2D eigenvalue weighted by atomic mass is 9.94. The molecule has 45 heavy (non-hydrogen) atoms. The highest BCUT2D eigenvalue weighted by molar-refractivity contribution is 5.98. The van der Waals surface area contributed by atoms with Crippen molar-refractivity contribution in [2.24, 2.45) is 7.05 Å². The van der Waals surface area contributed by atoms with Gasteiger partial charge < -0.3 is 25.2 Å². The van der Waals surface area contributed by atoms with Crippen LogP contribution in [-0.4, -0.2) is 64.4 Å². The van der Waals surface area contributed by atoms with Gasteiger partial charge in [0.1, 0.15) is 11.9 Å². The molecule has 0 saturated carbocycles. The van der Waals surface area contributed by atoms with Gasteiger partial charge in [-0.05, 0) is 41.8 Å². The molecule has 3 aromatic rings. The van der Waals surface area contributed by atoms with Gasteiger partial charge in [0.25, 0.3) is 11.5 Å². The van der Waals surface area contributed by atoms with Crippen LogP contribution in [0.1, 0.15) is 50.8 Å². The number of aromatic nitrogens is 2. The number of alkyl halides is 2. The summed E-state index contributed by atoms with van der Waals surface area (Å²) in [6.07, 6.45) is -3.67. The number of carboxylic acids is 1. The molecule has 5 rings (SSSR count). The van der Waals surface area contributed by atoms with Crippen molar-refractivity contribution in [3.63, 3.8) is 0 Å². The van der Waals surface area contributed by atoms with Gasteiger partial charge >= 0.3 is 11.7 Å². The lowest BCUT2D eigenvalue weighted by Gasteiger charge is -2.33. The zero-order valence-electron chi connectivity index (χ0n) is 24.6. The standard InChI is InChI=1S/C31H33F3N4O7/c1-16-11-18(27-22(14-25(33)34)35-8-10-45-27)13-21(32)26(16)28(39)36-23(30(41)42)12-17-3-5-19(6-4-17)38-29(40)20-15-44-9-7-24(20)37(2)31(38)43/h3-6,11,13,22-23,25,27,35H,7-10,12,14-15H2,1-2H3,(H,36,39)(H,41,42)/t22?,23?,27-/m0/s1. The first kappa shape index (κ1) is 32.1. The number of morpholine rings is 1. The van der Waals surface area contributed by atoms with Crippen LogP contribution >= 0.6 is 0 Å². The van der Waals surface area contributed by atoms with Gasteiger partial charge in [-0.15, -0.1) is 0 Å². The number of halogens is 3. The molecule has 2 aromatic carbocycles. The van der Waals surface area contributed by atoms with Crippen LogP contribution in [0.3, 0.4) is 0 Å². The molecule has 1 aromatic heterocycles. The molecule has 3 heterocycles. The van der Waals surface area contributed by atoms with Crippen LogP contribution in [0.25, 0.3) is 5.69 Å². The average Bonchev–Trinajstić information content (AvgIpc) is 3.00. The van der Waals surface area contributed by atoms with E-state index in [1.165, 1.54) is 41.8 Å². The highest BCUT2D eigenvalue weighted by atomic mass is 19.3. The Bertz CT molecular complexity index is 1700. The molecule has 2 aliphatic heterocycles. The van der Waals surface area contributed by atoms with E-state index in [2.05, 4.69) is 10.6 Å². The second-order valence-corrected chi connectivity index (χ2v) is 11.1. The number of carbonyl (C=O) groups excluding carboxylic acids is 1. The molecule has 0 spiro atoms. The number of nitrogens with zero attached hydrogens (tertiary/aromatic N) is 2. The molecule has 240 valence electrons. The fourth-order valence-electron chi connectivity index (χ4n) is 5.90. The molecule has 2 aliphatic rings. The SMILES string of the molecule is Cc1cc([C@@H]2OCCNC2CC(F)F)cc(F)c1C(=O)NC(Cc1ccc(-n2c(=O)c3c(n(C)c2=O)CCOC3)cc1)C(=O)O. The van der Waals surface area contributed by atoms with E-state index in [4.69, 9.17) is 9.47 Å².